The van der Waals surface area contributed by atoms with Crippen molar-refractivity contribution < 1.29 is 9.47 Å². The smallest absolute Gasteiger partial charge is 0.0779 e. The zero-order valence-electron chi connectivity index (χ0n) is 10.6. The van der Waals surface area contributed by atoms with Crippen LogP contribution >= 0.6 is 0 Å². The largest absolute Gasteiger partial charge is 0.380 e. The fourth-order valence-corrected chi connectivity index (χ4v) is 2.94. The van der Waals surface area contributed by atoms with Crippen LogP contribution in [0.4, 0.5) is 0 Å². The van der Waals surface area contributed by atoms with Crippen molar-refractivity contribution in [2.24, 2.45) is 0 Å². The van der Waals surface area contributed by atoms with E-state index in [1.165, 1.54) is 38.5 Å². The molecule has 3 heteroatoms. The Labute approximate surface area is 98.9 Å². The van der Waals surface area contributed by atoms with E-state index in [-0.39, 0.29) is 5.60 Å². The number of nitrogens with one attached hydrogen (secondary N) is 1. The molecule has 1 N–H and O–H groups in total. The average molecular weight is 227 g/mol. The molecule has 0 aromatic heterocycles. The highest BCUT2D eigenvalue weighted by Gasteiger charge is 2.32. The van der Waals surface area contributed by atoms with Crippen LogP contribution in [0, 0.1) is 0 Å². The van der Waals surface area contributed by atoms with E-state index < -0.39 is 0 Å². The van der Waals surface area contributed by atoms with Gasteiger partial charge in [-0.15, -0.1) is 0 Å². The summed E-state index contributed by atoms with van der Waals surface area (Å²) >= 11 is 0. The van der Waals surface area contributed by atoms with E-state index in [9.17, 15) is 0 Å². The molecule has 94 valence electrons. The Bertz CT molecular complexity index is 214. The van der Waals surface area contributed by atoms with Crippen LogP contribution in [0.3, 0.4) is 0 Å². The van der Waals surface area contributed by atoms with Gasteiger partial charge in [-0.1, -0.05) is 12.8 Å². The molecule has 2 fully saturated rings. The highest BCUT2D eigenvalue weighted by atomic mass is 16.5. The third-order valence-electron chi connectivity index (χ3n) is 4.04. The van der Waals surface area contributed by atoms with Gasteiger partial charge in [0.2, 0.25) is 0 Å². The summed E-state index contributed by atoms with van der Waals surface area (Å²) < 4.78 is 11.3. The van der Waals surface area contributed by atoms with Gasteiger partial charge < -0.3 is 14.8 Å². The Balaban J connectivity index is 1.79. The van der Waals surface area contributed by atoms with Gasteiger partial charge in [-0.2, -0.15) is 0 Å². The number of ether oxygens (including phenoxy) is 2. The van der Waals surface area contributed by atoms with Gasteiger partial charge in [0.25, 0.3) is 0 Å². The number of methoxy groups -OCH3 is 1. The molecule has 1 aliphatic heterocycles. The lowest BCUT2D eigenvalue weighted by atomic mass is 9.91. The summed E-state index contributed by atoms with van der Waals surface area (Å²) in [5.74, 6) is 0. The average Bonchev–Trinajstić information content (AvgIpc) is 2.74. The second-order valence-electron chi connectivity index (χ2n) is 5.45. The molecular formula is C13H25NO2. The molecule has 3 unspecified atom stereocenters. The van der Waals surface area contributed by atoms with Crippen molar-refractivity contribution in [2.75, 3.05) is 20.3 Å². The quantitative estimate of drug-likeness (QED) is 0.798. The SMILES string of the molecule is COC1CCCCC1NCC1(C)CCCO1. The van der Waals surface area contributed by atoms with Crippen molar-refractivity contribution in [2.45, 2.75) is 63.2 Å². The van der Waals surface area contributed by atoms with Gasteiger partial charge in [0.1, 0.15) is 0 Å². The maximum Gasteiger partial charge on any atom is 0.0779 e. The lowest BCUT2D eigenvalue weighted by Gasteiger charge is -2.34. The van der Waals surface area contributed by atoms with E-state index >= 15 is 0 Å². The van der Waals surface area contributed by atoms with Gasteiger partial charge in [-0.25, -0.2) is 0 Å². The molecule has 3 atom stereocenters. The molecule has 1 heterocycles. The third-order valence-corrected chi connectivity index (χ3v) is 4.04. The summed E-state index contributed by atoms with van der Waals surface area (Å²) in [6.45, 7) is 4.12. The highest BCUT2D eigenvalue weighted by molar-refractivity contribution is 4.88. The van der Waals surface area contributed by atoms with E-state index in [4.69, 9.17) is 9.47 Å². The monoisotopic (exact) mass is 227 g/mol. The summed E-state index contributed by atoms with van der Waals surface area (Å²) in [7, 11) is 1.83. The van der Waals surface area contributed by atoms with Gasteiger partial charge in [-0.05, 0) is 32.6 Å². The molecule has 0 bridgehead atoms. The second-order valence-corrected chi connectivity index (χ2v) is 5.45. The van der Waals surface area contributed by atoms with Gasteiger partial charge in [0.05, 0.1) is 11.7 Å². The molecule has 1 saturated carbocycles. The first kappa shape index (κ1) is 12.3. The number of hydrogen-bond donors (Lipinski definition) is 1. The topological polar surface area (TPSA) is 30.5 Å². The summed E-state index contributed by atoms with van der Waals surface area (Å²) in [5.41, 5.74) is 0.0652. The van der Waals surface area contributed by atoms with E-state index in [1.54, 1.807) is 0 Å². The second kappa shape index (κ2) is 5.48. The summed E-state index contributed by atoms with van der Waals surface area (Å²) in [4.78, 5) is 0. The van der Waals surface area contributed by atoms with Gasteiger partial charge >= 0.3 is 0 Å². The molecule has 2 rings (SSSR count). The van der Waals surface area contributed by atoms with Crippen LogP contribution in [-0.2, 0) is 9.47 Å². The maximum atomic E-state index is 5.80. The third kappa shape index (κ3) is 2.96. The fourth-order valence-electron chi connectivity index (χ4n) is 2.94. The molecular weight excluding hydrogens is 202 g/mol. The van der Waals surface area contributed by atoms with Crippen LogP contribution in [0.25, 0.3) is 0 Å². The first-order valence-electron chi connectivity index (χ1n) is 6.64. The molecule has 0 spiro atoms. The van der Waals surface area contributed by atoms with Gasteiger partial charge in [-0.3, -0.25) is 0 Å². The van der Waals surface area contributed by atoms with Crippen molar-refractivity contribution in [3.05, 3.63) is 0 Å². The van der Waals surface area contributed by atoms with Crippen LogP contribution < -0.4 is 5.32 Å². The van der Waals surface area contributed by atoms with E-state index in [0.717, 1.165) is 13.2 Å². The maximum absolute atomic E-state index is 5.80. The molecule has 3 nitrogen and oxygen atoms in total. The Kier molecular flexibility index (Phi) is 4.22. The van der Waals surface area contributed by atoms with Crippen LogP contribution in [0.2, 0.25) is 0 Å². The molecule has 0 radical (unpaired) electrons. The van der Waals surface area contributed by atoms with Gasteiger partial charge in [0, 0.05) is 26.3 Å². The minimum atomic E-state index is 0.0652. The summed E-state index contributed by atoms with van der Waals surface area (Å²) in [6.07, 6.45) is 7.87. The number of rotatable bonds is 4. The zero-order valence-corrected chi connectivity index (χ0v) is 10.6. The first-order valence-corrected chi connectivity index (χ1v) is 6.64. The van der Waals surface area contributed by atoms with Crippen molar-refractivity contribution in [1.29, 1.82) is 0 Å². The van der Waals surface area contributed by atoms with Crippen molar-refractivity contribution in [1.82, 2.24) is 5.32 Å². The molecule has 0 amide bonds. The Morgan fingerprint density at radius 3 is 2.81 bits per heavy atom. The standard InChI is InChI=1S/C13H25NO2/c1-13(8-5-9-16-13)10-14-11-6-3-4-7-12(11)15-2/h11-12,14H,3-10H2,1-2H3. The summed E-state index contributed by atoms with van der Waals surface area (Å²) in [5, 5.41) is 3.66. The lowest BCUT2D eigenvalue weighted by Crippen LogP contribution is -2.48. The molecule has 1 aliphatic carbocycles. The predicted molar refractivity (Wildman–Crippen MR) is 64.6 cm³/mol. The normalized spacial score (nSPS) is 40.1. The molecule has 2 aliphatic rings. The van der Waals surface area contributed by atoms with E-state index in [2.05, 4.69) is 12.2 Å². The van der Waals surface area contributed by atoms with Gasteiger partial charge in [0.15, 0.2) is 0 Å². The minimum absolute atomic E-state index is 0.0652. The van der Waals surface area contributed by atoms with Crippen LogP contribution in [0.15, 0.2) is 0 Å². The van der Waals surface area contributed by atoms with Crippen LogP contribution in [0.1, 0.15) is 45.4 Å². The van der Waals surface area contributed by atoms with Crippen molar-refractivity contribution in [3.8, 4) is 0 Å². The fraction of sp³-hybridized carbons (Fsp3) is 1.00. The van der Waals surface area contributed by atoms with Crippen molar-refractivity contribution >= 4 is 0 Å². The summed E-state index contributed by atoms with van der Waals surface area (Å²) in [6, 6.07) is 0.528. The van der Waals surface area contributed by atoms with E-state index in [1.807, 2.05) is 7.11 Å². The van der Waals surface area contributed by atoms with Crippen LogP contribution in [-0.4, -0.2) is 38.0 Å². The minimum Gasteiger partial charge on any atom is -0.380 e. The Morgan fingerprint density at radius 2 is 2.12 bits per heavy atom. The van der Waals surface area contributed by atoms with Crippen molar-refractivity contribution in [3.63, 3.8) is 0 Å². The molecule has 0 aromatic rings. The zero-order chi connectivity index (χ0) is 11.4. The number of hydrogen-bond acceptors (Lipinski definition) is 3. The molecule has 16 heavy (non-hydrogen) atoms. The van der Waals surface area contributed by atoms with E-state index in [0.29, 0.717) is 12.1 Å². The Morgan fingerprint density at radius 1 is 1.31 bits per heavy atom. The first-order chi connectivity index (χ1) is 7.73. The van der Waals surface area contributed by atoms with Crippen LogP contribution in [0.5, 0.6) is 0 Å². The molecule has 1 saturated heterocycles. The predicted octanol–water partition coefficient (Wildman–Crippen LogP) is 2.10. The lowest BCUT2D eigenvalue weighted by molar-refractivity contribution is 0.00116. The molecule has 0 aromatic carbocycles. The highest BCUT2D eigenvalue weighted by Crippen LogP contribution is 2.26. The Hall–Kier alpha value is -0.120.